The van der Waals surface area contributed by atoms with Crippen LogP contribution in [0.15, 0.2) is 29.0 Å². The molecule has 1 heterocycles. The second-order valence-electron chi connectivity index (χ2n) is 4.95. The van der Waals surface area contributed by atoms with Gasteiger partial charge in [-0.2, -0.15) is 5.10 Å². The Morgan fingerprint density at radius 3 is 3.05 bits per heavy atom. The van der Waals surface area contributed by atoms with Gasteiger partial charge in [-0.25, -0.2) is 9.67 Å². The molecule has 0 radical (unpaired) electrons. The van der Waals surface area contributed by atoms with E-state index in [1.807, 2.05) is 22.9 Å². The van der Waals surface area contributed by atoms with E-state index in [1.54, 1.807) is 13.4 Å². The molecule has 0 amide bonds. The van der Waals surface area contributed by atoms with Crippen LogP contribution in [0.5, 0.6) is 5.75 Å². The fraction of sp³-hybridized carbons (Fsp3) is 0.429. The highest BCUT2D eigenvalue weighted by molar-refractivity contribution is 9.10. The van der Waals surface area contributed by atoms with Gasteiger partial charge in [-0.1, -0.05) is 15.9 Å². The molecule has 0 aliphatic heterocycles. The number of aromatic nitrogens is 3. The number of benzene rings is 1. The Kier molecular flexibility index (Phi) is 4.03. The fourth-order valence-electron chi connectivity index (χ4n) is 2.04. The molecular formula is C14H17BrN4O. The summed E-state index contributed by atoms with van der Waals surface area (Å²) < 4.78 is 8.24. The van der Waals surface area contributed by atoms with Gasteiger partial charge in [-0.15, -0.1) is 0 Å². The maximum atomic E-state index is 5.27. The van der Waals surface area contributed by atoms with Crippen molar-refractivity contribution in [3.05, 3.63) is 40.4 Å². The molecule has 6 heteroatoms. The van der Waals surface area contributed by atoms with Crippen molar-refractivity contribution in [2.24, 2.45) is 0 Å². The topological polar surface area (TPSA) is 52.0 Å². The molecule has 1 aromatic heterocycles. The van der Waals surface area contributed by atoms with Crippen LogP contribution in [-0.2, 0) is 13.1 Å². The standard InChI is InChI=1S/C14H17BrN4O/c1-20-12-4-5-13(15)10(6-12)8-19-14(17-9-18-19)7-16-11-2-3-11/h4-6,9,11,16H,2-3,7-8H2,1H3. The summed E-state index contributed by atoms with van der Waals surface area (Å²) in [5.74, 6) is 1.81. The summed E-state index contributed by atoms with van der Waals surface area (Å²) in [5, 5.41) is 7.77. The van der Waals surface area contributed by atoms with E-state index < -0.39 is 0 Å². The summed E-state index contributed by atoms with van der Waals surface area (Å²) >= 11 is 3.57. The van der Waals surface area contributed by atoms with Crippen LogP contribution in [0.3, 0.4) is 0 Å². The van der Waals surface area contributed by atoms with Gasteiger partial charge < -0.3 is 10.1 Å². The van der Waals surface area contributed by atoms with E-state index in [9.17, 15) is 0 Å². The van der Waals surface area contributed by atoms with Gasteiger partial charge in [-0.05, 0) is 36.6 Å². The first-order valence-corrected chi connectivity index (χ1v) is 7.48. The van der Waals surface area contributed by atoms with Gasteiger partial charge in [-0.3, -0.25) is 0 Å². The number of nitrogens with zero attached hydrogens (tertiary/aromatic N) is 3. The van der Waals surface area contributed by atoms with E-state index in [2.05, 4.69) is 31.3 Å². The van der Waals surface area contributed by atoms with E-state index >= 15 is 0 Å². The first-order valence-electron chi connectivity index (χ1n) is 6.69. The minimum atomic E-state index is 0.670. The predicted octanol–water partition coefficient (Wildman–Crippen LogP) is 2.35. The summed E-state index contributed by atoms with van der Waals surface area (Å²) in [4.78, 5) is 4.33. The van der Waals surface area contributed by atoms with Gasteiger partial charge >= 0.3 is 0 Å². The zero-order valence-corrected chi connectivity index (χ0v) is 12.9. The maximum Gasteiger partial charge on any atom is 0.141 e. The van der Waals surface area contributed by atoms with Crippen molar-refractivity contribution < 1.29 is 4.74 Å². The molecule has 3 rings (SSSR count). The molecule has 1 aliphatic carbocycles. The summed E-state index contributed by atoms with van der Waals surface area (Å²) in [6.07, 6.45) is 4.16. The Bertz CT molecular complexity index is 595. The molecule has 1 saturated carbocycles. The van der Waals surface area contributed by atoms with Crippen molar-refractivity contribution in [3.8, 4) is 5.75 Å². The first kappa shape index (κ1) is 13.6. The Morgan fingerprint density at radius 1 is 1.45 bits per heavy atom. The Labute approximate surface area is 126 Å². The second-order valence-corrected chi connectivity index (χ2v) is 5.80. The molecule has 0 saturated heterocycles. The Morgan fingerprint density at radius 2 is 2.30 bits per heavy atom. The molecule has 5 nitrogen and oxygen atoms in total. The van der Waals surface area contributed by atoms with Crippen LogP contribution in [0.1, 0.15) is 24.2 Å². The molecule has 1 N–H and O–H groups in total. The third-order valence-electron chi connectivity index (χ3n) is 3.39. The highest BCUT2D eigenvalue weighted by atomic mass is 79.9. The molecule has 1 fully saturated rings. The van der Waals surface area contributed by atoms with Crippen molar-refractivity contribution in [2.75, 3.05) is 7.11 Å². The van der Waals surface area contributed by atoms with Crippen molar-refractivity contribution in [1.29, 1.82) is 0 Å². The minimum Gasteiger partial charge on any atom is -0.497 e. The van der Waals surface area contributed by atoms with Gasteiger partial charge in [0.1, 0.15) is 17.9 Å². The van der Waals surface area contributed by atoms with Gasteiger partial charge in [0.25, 0.3) is 0 Å². The lowest BCUT2D eigenvalue weighted by Gasteiger charge is -2.10. The normalized spacial score (nSPS) is 14.5. The number of nitrogens with one attached hydrogen (secondary N) is 1. The molecule has 2 aromatic rings. The van der Waals surface area contributed by atoms with Gasteiger partial charge in [0.15, 0.2) is 0 Å². The van der Waals surface area contributed by atoms with Crippen molar-refractivity contribution in [2.45, 2.75) is 32.0 Å². The van der Waals surface area contributed by atoms with Crippen molar-refractivity contribution in [1.82, 2.24) is 20.1 Å². The van der Waals surface area contributed by atoms with E-state index in [0.717, 1.165) is 28.2 Å². The van der Waals surface area contributed by atoms with E-state index in [4.69, 9.17) is 4.74 Å². The first-order chi connectivity index (χ1) is 9.76. The number of halogens is 1. The lowest BCUT2D eigenvalue weighted by molar-refractivity contribution is 0.414. The molecule has 1 aliphatic rings. The Balaban J connectivity index is 1.74. The zero-order chi connectivity index (χ0) is 13.9. The monoisotopic (exact) mass is 336 g/mol. The third-order valence-corrected chi connectivity index (χ3v) is 4.17. The van der Waals surface area contributed by atoms with E-state index in [-0.39, 0.29) is 0 Å². The number of methoxy groups -OCH3 is 1. The lowest BCUT2D eigenvalue weighted by atomic mass is 10.2. The quantitative estimate of drug-likeness (QED) is 0.879. The molecule has 0 atom stereocenters. The highest BCUT2D eigenvalue weighted by Gasteiger charge is 2.21. The number of hydrogen-bond acceptors (Lipinski definition) is 4. The van der Waals surface area contributed by atoms with Crippen molar-refractivity contribution in [3.63, 3.8) is 0 Å². The molecule has 1 aromatic carbocycles. The summed E-state index contributed by atoms with van der Waals surface area (Å²) in [6, 6.07) is 6.62. The van der Waals surface area contributed by atoms with Crippen LogP contribution in [0.4, 0.5) is 0 Å². The average molecular weight is 337 g/mol. The zero-order valence-electron chi connectivity index (χ0n) is 11.3. The highest BCUT2D eigenvalue weighted by Crippen LogP contribution is 2.23. The minimum absolute atomic E-state index is 0.670. The van der Waals surface area contributed by atoms with Gasteiger partial charge in [0.2, 0.25) is 0 Å². The number of ether oxygens (including phenoxy) is 1. The average Bonchev–Trinajstić information content (AvgIpc) is 3.19. The molecule has 20 heavy (non-hydrogen) atoms. The van der Waals surface area contributed by atoms with Crippen LogP contribution in [0.25, 0.3) is 0 Å². The van der Waals surface area contributed by atoms with Gasteiger partial charge in [0, 0.05) is 10.5 Å². The third kappa shape index (κ3) is 3.19. The van der Waals surface area contributed by atoms with Crippen LogP contribution in [0.2, 0.25) is 0 Å². The molecular weight excluding hydrogens is 320 g/mol. The lowest BCUT2D eigenvalue weighted by Crippen LogP contribution is -2.19. The van der Waals surface area contributed by atoms with Crippen LogP contribution in [0, 0.1) is 0 Å². The molecule has 0 spiro atoms. The fourth-order valence-corrected chi connectivity index (χ4v) is 2.41. The largest absolute Gasteiger partial charge is 0.497 e. The molecule has 0 unspecified atom stereocenters. The van der Waals surface area contributed by atoms with Crippen LogP contribution in [-0.4, -0.2) is 27.9 Å². The summed E-state index contributed by atoms with van der Waals surface area (Å²) in [6.45, 7) is 1.45. The SMILES string of the molecule is COc1ccc(Br)c(Cn2ncnc2CNC2CC2)c1. The molecule has 0 bridgehead atoms. The van der Waals surface area contributed by atoms with Crippen molar-refractivity contribution >= 4 is 15.9 Å². The Hall–Kier alpha value is -1.40. The second kappa shape index (κ2) is 5.93. The molecule has 106 valence electrons. The number of hydrogen-bond donors (Lipinski definition) is 1. The predicted molar refractivity (Wildman–Crippen MR) is 79.7 cm³/mol. The maximum absolute atomic E-state index is 5.27. The summed E-state index contributed by atoms with van der Waals surface area (Å²) in [7, 11) is 1.67. The smallest absolute Gasteiger partial charge is 0.141 e. The number of rotatable bonds is 6. The van der Waals surface area contributed by atoms with E-state index in [1.165, 1.54) is 12.8 Å². The van der Waals surface area contributed by atoms with Crippen LogP contribution >= 0.6 is 15.9 Å². The van der Waals surface area contributed by atoms with E-state index in [0.29, 0.717) is 12.6 Å². The summed E-state index contributed by atoms with van der Waals surface area (Å²) in [5.41, 5.74) is 1.13. The van der Waals surface area contributed by atoms with Gasteiger partial charge in [0.05, 0.1) is 20.2 Å². The van der Waals surface area contributed by atoms with Crippen LogP contribution < -0.4 is 10.1 Å².